The molecule has 4 heterocycles. The molecule has 2 aliphatic rings. The van der Waals surface area contributed by atoms with Crippen LogP contribution in [0.25, 0.3) is 0 Å². The summed E-state index contributed by atoms with van der Waals surface area (Å²) in [6.07, 6.45) is 6.46. The van der Waals surface area contributed by atoms with Crippen molar-refractivity contribution in [3.05, 3.63) is 46.7 Å². The number of rotatable bonds is 3. The van der Waals surface area contributed by atoms with E-state index in [-0.39, 0.29) is 11.3 Å². The molecular weight excluding hydrogens is 344 g/mol. The topological polar surface area (TPSA) is 49.3 Å². The second-order valence-electron chi connectivity index (χ2n) is 7.79. The Morgan fingerprint density at radius 1 is 1.19 bits per heavy atom. The van der Waals surface area contributed by atoms with Crippen molar-refractivity contribution in [1.82, 2.24) is 19.2 Å². The zero-order chi connectivity index (χ0) is 18.0. The van der Waals surface area contributed by atoms with Crippen molar-refractivity contribution in [2.24, 2.45) is 5.41 Å². The van der Waals surface area contributed by atoms with Crippen molar-refractivity contribution in [2.75, 3.05) is 26.2 Å². The van der Waals surface area contributed by atoms with Crippen LogP contribution in [0.5, 0.6) is 0 Å². The zero-order valence-corrected chi connectivity index (χ0v) is 16.2. The Hall–Kier alpha value is -1.79. The first kappa shape index (κ1) is 17.6. The Morgan fingerprint density at radius 3 is 2.81 bits per heavy atom. The highest BCUT2D eigenvalue weighted by molar-refractivity contribution is 7.08. The molecular formula is C20H26N4OS. The number of carbonyl (C=O) groups is 1. The summed E-state index contributed by atoms with van der Waals surface area (Å²) in [5, 5.41) is 0. The Balaban J connectivity index is 1.44. The number of piperidine rings is 2. The first-order chi connectivity index (χ1) is 12.6. The van der Waals surface area contributed by atoms with Crippen molar-refractivity contribution in [1.29, 1.82) is 0 Å². The van der Waals surface area contributed by atoms with Crippen LogP contribution in [0.4, 0.5) is 0 Å². The van der Waals surface area contributed by atoms with Gasteiger partial charge in [-0.15, -0.1) is 0 Å². The fraction of sp³-hybridized carbons (Fsp3) is 0.550. The molecule has 2 aromatic rings. The molecule has 0 aliphatic carbocycles. The average molecular weight is 371 g/mol. The van der Waals surface area contributed by atoms with Crippen LogP contribution in [0.3, 0.4) is 0 Å². The van der Waals surface area contributed by atoms with Crippen molar-refractivity contribution >= 4 is 17.4 Å². The van der Waals surface area contributed by atoms with Crippen LogP contribution in [-0.4, -0.2) is 51.2 Å². The summed E-state index contributed by atoms with van der Waals surface area (Å²) in [4.78, 5) is 22.8. The fourth-order valence-corrected chi connectivity index (χ4v) is 5.12. The Bertz CT molecular complexity index is 759. The van der Waals surface area contributed by atoms with Crippen molar-refractivity contribution in [2.45, 2.75) is 39.2 Å². The molecule has 26 heavy (non-hydrogen) atoms. The first-order valence-corrected chi connectivity index (χ1v) is 10.3. The zero-order valence-electron chi connectivity index (χ0n) is 15.4. The lowest BCUT2D eigenvalue weighted by atomic mass is 9.73. The van der Waals surface area contributed by atoms with Gasteiger partial charge in [0.25, 0.3) is 5.91 Å². The van der Waals surface area contributed by atoms with Gasteiger partial charge in [-0.2, -0.15) is 0 Å². The minimum Gasteiger partial charge on any atom is -0.337 e. The molecule has 2 saturated heterocycles. The van der Waals surface area contributed by atoms with Crippen molar-refractivity contribution in [3.63, 3.8) is 0 Å². The van der Waals surface area contributed by atoms with E-state index in [2.05, 4.69) is 31.3 Å². The lowest BCUT2D eigenvalue weighted by molar-refractivity contribution is 0.0112. The van der Waals surface area contributed by atoms with Crippen molar-refractivity contribution < 1.29 is 4.79 Å². The third kappa shape index (κ3) is 3.81. The van der Waals surface area contributed by atoms with Crippen LogP contribution < -0.4 is 0 Å². The minimum absolute atomic E-state index is 0.157. The number of likely N-dealkylation sites (tertiary alicyclic amines) is 2. The number of hydrogen-bond acceptors (Lipinski definition) is 5. The van der Waals surface area contributed by atoms with Gasteiger partial charge in [-0.1, -0.05) is 6.07 Å². The van der Waals surface area contributed by atoms with E-state index in [1.807, 2.05) is 19.1 Å². The fourth-order valence-electron chi connectivity index (χ4n) is 4.56. The second-order valence-corrected chi connectivity index (χ2v) is 8.62. The number of pyridine rings is 1. The maximum Gasteiger partial charge on any atom is 0.265 e. The molecule has 0 saturated carbocycles. The lowest BCUT2D eigenvalue weighted by Gasteiger charge is -2.48. The maximum atomic E-state index is 12.8. The van der Waals surface area contributed by atoms with E-state index < -0.39 is 0 Å². The normalized spacial score (nSPS) is 24.1. The Labute approximate surface area is 159 Å². The SMILES string of the molecule is Cc1cccc(CN2CCCC3(CCCN(C(=O)c4ccns4)C3)C2)n1. The van der Waals surface area contributed by atoms with Gasteiger partial charge >= 0.3 is 0 Å². The van der Waals surface area contributed by atoms with Gasteiger partial charge < -0.3 is 4.90 Å². The standard InChI is InChI=1S/C20H26N4OS/c1-16-5-2-6-17(22-16)13-23-11-3-8-20(14-23)9-4-12-24(15-20)19(25)18-7-10-21-26-18/h2,5-7,10H,3-4,8-9,11-15H2,1H3. The maximum absolute atomic E-state index is 12.8. The van der Waals surface area contributed by atoms with Crippen LogP contribution in [0.1, 0.15) is 46.7 Å². The molecule has 0 N–H and O–H groups in total. The van der Waals surface area contributed by atoms with Gasteiger partial charge in [0.1, 0.15) is 4.88 Å². The molecule has 0 aromatic carbocycles. The largest absolute Gasteiger partial charge is 0.337 e. The average Bonchev–Trinajstić information content (AvgIpc) is 3.16. The predicted octanol–water partition coefficient (Wildman–Crippen LogP) is 3.36. The second kappa shape index (κ2) is 7.45. The molecule has 2 aromatic heterocycles. The van der Waals surface area contributed by atoms with Gasteiger partial charge in [0.15, 0.2) is 0 Å². The van der Waals surface area contributed by atoms with E-state index in [4.69, 9.17) is 0 Å². The number of aryl methyl sites for hydroxylation is 1. The van der Waals surface area contributed by atoms with Gasteiger partial charge in [0.2, 0.25) is 0 Å². The molecule has 1 unspecified atom stereocenters. The molecule has 1 spiro atoms. The predicted molar refractivity (Wildman–Crippen MR) is 103 cm³/mol. The summed E-state index contributed by atoms with van der Waals surface area (Å²) in [6, 6.07) is 8.10. The molecule has 1 atom stereocenters. The summed E-state index contributed by atoms with van der Waals surface area (Å²) >= 11 is 1.30. The first-order valence-electron chi connectivity index (χ1n) is 9.48. The highest BCUT2D eigenvalue weighted by Gasteiger charge is 2.40. The third-order valence-corrected chi connectivity index (χ3v) is 6.40. The van der Waals surface area contributed by atoms with Crippen LogP contribution in [-0.2, 0) is 6.54 Å². The van der Waals surface area contributed by atoms with Crippen molar-refractivity contribution in [3.8, 4) is 0 Å². The molecule has 4 rings (SSSR count). The quantitative estimate of drug-likeness (QED) is 0.831. The molecule has 2 aliphatic heterocycles. The van der Waals surface area contributed by atoms with E-state index in [9.17, 15) is 4.79 Å². The summed E-state index contributed by atoms with van der Waals surface area (Å²) in [7, 11) is 0. The van der Waals surface area contributed by atoms with Crippen LogP contribution >= 0.6 is 11.5 Å². The van der Waals surface area contributed by atoms with Gasteiger partial charge in [-0.25, -0.2) is 4.37 Å². The van der Waals surface area contributed by atoms with E-state index in [1.54, 1.807) is 6.20 Å². The summed E-state index contributed by atoms with van der Waals surface area (Å²) in [6.45, 7) is 6.89. The highest BCUT2D eigenvalue weighted by atomic mass is 32.1. The number of hydrogen-bond donors (Lipinski definition) is 0. The summed E-state index contributed by atoms with van der Waals surface area (Å²) in [5.74, 6) is 0.157. The van der Waals surface area contributed by atoms with Gasteiger partial charge in [0.05, 0.1) is 5.69 Å². The molecule has 6 heteroatoms. The van der Waals surface area contributed by atoms with E-state index in [0.29, 0.717) is 0 Å². The molecule has 5 nitrogen and oxygen atoms in total. The smallest absolute Gasteiger partial charge is 0.265 e. The monoisotopic (exact) mass is 370 g/mol. The number of carbonyl (C=O) groups excluding carboxylic acids is 1. The Morgan fingerprint density at radius 2 is 2.04 bits per heavy atom. The highest BCUT2D eigenvalue weighted by Crippen LogP contribution is 2.39. The van der Waals surface area contributed by atoms with Gasteiger partial charge in [-0.3, -0.25) is 14.7 Å². The number of nitrogens with zero attached hydrogens (tertiary/aromatic N) is 4. The molecule has 0 radical (unpaired) electrons. The van der Waals surface area contributed by atoms with E-state index in [0.717, 1.165) is 55.4 Å². The Kier molecular flexibility index (Phi) is 5.05. The summed E-state index contributed by atoms with van der Waals surface area (Å²) in [5.41, 5.74) is 2.46. The molecule has 138 valence electrons. The number of amides is 1. The third-order valence-electron chi connectivity index (χ3n) is 5.67. The van der Waals surface area contributed by atoms with Gasteiger partial charge in [0, 0.05) is 43.5 Å². The molecule has 2 fully saturated rings. The summed E-state index contributed by atoms with van der Waals surface area (Å²) < 4.78 is 4.09. The lowest BCUT2D eigenvalue weighted by Crippen LogP contribution is -2.53. The van der Waals surface area contributed by atoms with Crippen LogP contribution in [0, 0.1) is 12.3 Å². The molecule has 1 amide bonds. The van der Waals surface area contributed by atoms with Gasteiger partial charge in [-0.05, 0) is 68.9 Å². The van der Waals surface area contributed by atoms with E-state index >= 15 is 0 Å². The minimum atomic E-state index is 0.157. The molecule has 0 bridgehead atoms. The van der Waals surface area contributed by atoms with E-state index in [1.165, 1.54) is 30.8 Å². The van der Waals surface area contributed by atoms with Crippen LogP contribution in [0.15, 0.2) is 30.5 Å². The number of aromatic nitrogens is 2. The van der Waals surface area contributed by atoms with Crippen LogP contribution in [0.2, 0.25) is 0 Å².